The Kier molecular flexibility index (Phi) is 9.06. The molecule has 9 heteroatoms. The van der Waals surface area contributed by atoms with Gasteiger partial charge in [-0.3, -0.25) is 9.59 Å². The van der Waals surface area contributed by atoms with Gasteiger partial charge >= 0.3 is 23.8 Å². The molecule has 0 aromatic heterocycles. The number of rotatable bonds is 5. The van der Waals surface area contributed by atoms with Gasteiger partial charge in [-0.15, -0.1) is 0 Å². The van der Waals surface area contributed by atoms with Gasteiger partial charge in [0.25, 0.3) is 0 Å². The summed E-state index contributed by atoms with van der Waals surface area (Å²) in [5, 5.41) is 0. The Morgan fingerprint density at radius 2 is 1.30 bits per heavy atom. The Morgan fingerprint density at radius 1 is 0.870 bits per heavy atom. The van der Waals surface area contributed by atoms with Gasteiger partial charge < -0.3 is 9.47 Å². The van der Waals surface area contributed by atoms with E-state index in [1.807, 2.05) is 0 Å². The van der Waals surface area contributed by atoms with E-state index < -0.39 is 41.6 Å². The van der Waals surface area contributed by atoms with Crippen molar-refractivity contribution >= 4 is 17.7 Å². The SMILES string of the molecule is CC(C)(C)OC(=O)CC(=O)C(C)(F)F.CCOC(=O)C(C)(F)F. The third-order valence-corrected chi connectivity index (χ3v) is 1.85. The predicted molar refractivity (Wildman–Crippen MR) is 73.3 cm³/mol. The number of halogens is 4. The van der Waals surface area contributed by atoms with Crippen molar-refractivity contribution in [3.8, 4) is 0 Å². The molecule has 0 saturated carbocycles. The molecule has 0 aliphatic heterocycles. The average Bonchev–Trinajstić information content (AvgIpc) is 2.24. The lowest BCUT2D eigenvalue weighted by atomic mass is 10.1. The lowest BCUT2D eigenvalue weighted by Crippen LogP contribution is -2.31. The van der Waals surface area contributed by atoms with Crippen LogP contribution in [-0.4, -0.2) is 41.8 Å². The number of esters is 2. The Labute approximate surface area is 132 Å². The van der Waals surface area contributed by atoms with Crippen molar-refractivity contribution in [3.63, 3.8) is 0 Å². The molecule has 23 heavy (non-hydrogen) atoms. The van der Waals surface area contributed by atoms with E-state index >= 15 is 0 Å². The van der Waals surface area contributed by atoms with Crippen LogP contribution < -0.4 is 0 Å². The number of ketones is 1. The molecule has 0 spiro atoms. The highest BCUT2D eigenvalue weighted by molar-refractivity contribution is 5.99. The molecule has 0 aromatic carbocycles. The number of ether oxygens (including phenoxy) is 2. The molecule has 0 fully saturated rings. The third-order valence-electron chi connectivity index (χ3n) is 1.85. The first kappa shape index (κ1) is 23.6. The van der Waals surface area contributed by atoms with Gasteiger partial charge in [-0.1, -0.05) is 0 Å². The zero-order valence-electron chi connectivity index (χ0n) is 14.0. The molecule has 0 bridgehead atoms. The standard InChI is InChI=1S/C9H14F2O3.C5H8F2O2/c1-8(2,3)14-7(13)5-6(12)9(4,10)11;1-3-9-4(8)5(2,6)7/h5H2,1-4H3;3H2,1-2H3. The van der Waals surface area contributed by atoms with Crippen LogP contribution in [-0.2, 0) is 23.9 Å². The molecule has 136 valence electrons. The monoisotopic (exact) mass is 346 g/mol. The number of Topliss-reactive ketones (excluding diaryl/α,β-unsaturated/α-hetero) is 1. The molecule has 0 unspecified atom stereocenters. The van der Waals surface area contributed by atoms with Gasteiger partial charge in [-0.2, -0.15) is 17.6 Å². The molecular formula is C14H22F4O5. The minimum Gasteiger partial charge on any atom is -0.462 e. The second-order valence-electron chi connectivity index (χ2n) is 5.68. The van der Waals surface area contributed by atoms with Gasteiger partial charge in [0.05, 0.1) is 6.61 Å². The maximum Gasteiger partial charge on any atom is 0.376 e. The highest BCUT2D eigenvalue weighted by Gasteiger charge is 2.34. The normalized spacial score (nSPS) is 11.9. The molecule has 5 nitrogen and oxygen atoms in total. The van der Waals surface area contributed by atoms with Gasteiger partial charge in [0.2, 0.25) is 5.78 Å². The van der Waals surface area contributed by atoms with Gasteiger partial charge in [0, 0.05) is 13.8 Å². The minimum atomic E-state index is -3.48. The average molecular weight is 346 g/mol. The number of hydrogen-bond donors (Lipinski definition) is 0. The van der Waals surface area contributed by atoms with E-state index in [0.717, 1.165) is 0 Å². The van der Waals surface area contributed by atoms with Gasteiger partial charge in [0.1, 0.15) is 12.0 Å². The van der Waals surface area contributed by atoms with E-state index in [1.54, 1.807) is 20.8 Å². The molecule has 0 heterocycles. The fourth-order valence-corrected chi connectivity index (χ4v) is 0.922. The highest BCUT2D eigenvalue weighted by Crippen LogP contribution is 2.17. The van der Waals surface area contributed by atoms with Crippen LogP contribution in [0.15, 0.2) is 0 Å². The van der Waals surface area contributed by atoms with E-state index in [1.165, 1.54) is 6.92 Å². The fourth-order valence-electron chi connectivity index (χ4n) is 0.922. The second-order valence-corrected chi connectivity index (χ2v) is 5.68. The van der Waals surface area contributed by atoms with Crippen molar-refractivity contribution in [1.29, 1.82) is 0 Å². The summed E-state index contributed by atoms with van der Waals surface area (Å²) in [6, 6.07) is 0. The van der Waals surface area contributed by atoms with Crippen LogP contribution >= 0.6 is 0 Å². The zero-order chi connectivity index (χ0) is 19.1. The maximum atomic E-state index is 12.4. The molecule has 0 atom stereocenters. The Morgan fingerprint density at radius 3 is 1.52 bits per heavy atom. The van der Waals surface area contributed by atoms with Crippen molar-refractivity contribution in [2.45, 2.75) is 65.4 Å². The smallest absolute Gasteiger partial charge is 0.376 e. The molecule has 0 aromatic rings. The summed E-state index contributed by atoms with van der Waals surface area (Å²) < 4.78 is 57.1. The minimum absolute atomic E-state index is 0.0116. The summed E-state index contributed by atoms with van der Waals surface area (Å²) in [6.45, 7) is 7.22. The number of carbonyl (C=O) groups is 3. The van der Waals surface area contributed by atoms with Crippen LogP contribution in [0.5, 0.6) is 0 Å². The molecule has 0 radical (unpaired) electrons. The van der Waals surface area contributed by atoms with Gasteiger partial charge in [-0.25, -0.2) is 4.79 Å². The highest BCUT2D eigenvalue weighted by atomic mass is 19.3. The molecular weight excluding hydrogens is 324 g/mol. The van der Waals surface area contributed by atoms with E-state index in [-0.39, 0.29) is 6.61 Å². The van der Waals surface area contributed by atoms with Gasteiger partial charge in [0.15, 0.2) is 0 Å². The summed E-state index contributed by atoms with van der Waals surface area (Å²) >= 11 is 0. The first-order chi connectivity index (χ1) is 10.0. The Hall–Kier alpha value is -1.67. The van der Waals surface area contributed by atoms with Crippen molar-refractivity contribution < 1.29 is 41.4 Å². The summed E-state index contributed by atoms with van der Waals surface area (Å²) in [4.78, 5) is 31.7. The van der Waals surface area contributed by atoms with E-state index in [0.29, 0.717) is 13.8 Å². The van der Waals surface area contributed by atoms with Crippen LogP contribution in [0.4, 0.5) is 17.6 Å². The number of carbonyl (C=O) groups excluding carboxylic acids is 3. The first-order valence-corrected chi connectivity index (χ1v) is 6.68. The van der Waals surface area contributed by atoms with Crippen LogP contribution in [0.25, 0.3) is 0 Å². The molecule has 0 saturated heterocycles. The van der Waals surface area contributed by atoms with Crippen molar-refractivity contribution in [1.82, 2.24) is 0 Å². The van der Waals surface area contributed by atoms with E-state index in [2.05, 4.69) is 4.74 Å². The van der Waals surface area contributed by atoms with Crippen molar-refractivity contribution in [2.24, 2.45) is 0 Å². The van der Waals surface area contributed by atoms with E-state index in [9.17, 15) is 31.9 Å². The lowest BCUT2D eigenvalue weighted by Gasteiger charge is -2.19. The van der Waals surface area contributed by atoms with Gasteiger partial charge in [-0.05, 0) is 27.7 Å². The fraction of sp³-hybridized carbons (Fsp3) is 0.786. The summed E-state index contributed by atoms with van der Waals surface area (Å²) in [7, 11) is 0. The quantitative estimate of drug-likeness (QED) is 0.434. The second kappa shape index (κ2) is 8.83. The van der Waals surface area contributed by atoms with Crippen LogP contribution in [0.2, 0.25) is 0 Å². The maximum absolute atomic E-state index is 12.4. The first-order valence-electron chi connectivity index (χ1n) is 6.68. The zero-order valence-corrected chi connectivity index (χ0v) is 14.0. The summed E-state index contributed by atoms with van der Waals surface area (Å²) in [5.41, 5.74) is -0.764. The molecule has 0 N–H and O–H groups in total. The largest absolute Gasteiger partial charge is 0.462 e. The van der Waals surface area contributed by atoms with Crippen molar-refractivity contribution in [3.05, 3.63) is 0 Å². The third kappa shape index (κ3) is 13.7. The molecule has 0 aliphatic carbocycles. The molecule has 0 aliphatic rings. The number of alkyl halides is 4. The van der Waals surface area contributed by atoms with E-state index in [4.69, 9.17) is 4.74 Å². The summed E-state index contributed by atoms with van der Waals surface area (Å²) in [6.07, 6.45) is -0.888. The predicted octanol–water partition coefficient (Wildman–Crippen LogP) is 3.15. The van der Waals surface area contributed by atoms with Crippen molar-refractivity contribution in [2.75, 3.05) is 6.61 Å². The lowest BCUT2D eigenvalue weighted by molar-refractivity contribution is -0.168. The van der Waals surface area contributed by atoms with Crippen LogP contribution in [0, 0.1) is 0 Å². The van der Waals surface area contributed by atoms with Crippen LogP contribution in [0.3, 0.4) is 0 Å². The molecule has 0 amide bonds. The topological polar surface area (TPSA) is 69.7 Å². The molecule has 0 rings (SSSR count). The Bertz CT molecular complexity index is 416. The summed E-state index contributed by atoms with van der Waals surface area (Å²) in [5.74, 6) is -10.6. The number of hydrogen-bond acceptors (Lipinski definition) is 5. The Balaban J connectivity index is 0. The van der Waals surface area contributed by atoms with Crippen LogP contribution in [0.1, 0.15) is 48.0 Å².